The average Bonchev–Trinajstić information content (AvgIpc) is 3.12. The van der Waals surface area contributed by atoms with Crippen molar-refractivity contribution in [3.63, 3.8) is 0 Å². The number of aryl methyl sites for hydroxylation is 1. The number of thioether (sulfide) groups is 2. The van der Waals surface area contributed by atoms with Gasteiger partial charge >= 0.3 is 0 Å². The van der Waals surface area contributed by atoms with E-state index >= 15 is 0 Å². The number of nitrogens with zero attached hydrogens (tertiary/aromatic N) is 2. The van der Waals surface area contributed by atoms with Crippen LogP contribution in [0.1, 0.15) is 16.8 Å². The van der Waals surface area contributed by atoms with Crippen molar-refractivity contribution in [3.8, 4) is 0 Å². The third-order valence-corrected chi connectivity index (χ3v) is 6.51. The summed E-state index contributed by atoms with van der Waals surface area (Å²) in [5, 5.41) is 0.944. The van der Waals surface area contributed by atoms with Crippen LogP contribution < -0.4 is 0 Å². The Bertz CT molecular complexity index is 995. The van der Waals surface area contributed by atoms with Gasteiger partial charge in [0.15, 0.2) is 5.16 Å². The van der Waals surface area contributed by atoms with Crippen LogP contribution in [0.25, 0.3) is 11.0 Å². The molecule has 0 unspecified atom stereocenters. The summed E-state index contributed by atoms with van der Waals surface area (Å²) >= 11 is 3.61. The van der Waals surface area contributed by atoms with Gasteiger partial charge in [-0.2, -0.15) is 0 Å². The number of rotatable bonds is 7. The van der Waals surface area contributed by atoms with E-state index in [0.717, 1.165) is 39.8 Å². The summed E-state index contributed by atoms with van der Waals surface area (Å²) in [6.07, 6.45) is 3.00. The molecule has 2 heterocycles. The topological polar surface area (TPSA) is 41.6 Å². The Morgan fingerprint density at radius 2 is 1.74 bits per heavy atom. The normalized spacial score (nSPS) is 11.1. The molecule has 4 rings (SSSR count). The number of imidazole rings is 1. The van der Waals surface area contributed by atoms with Gasteiger partial charge in [-0.15, -0.1) is 11.8 Å². The number of nitrogens with one attached hydrogen (secondary N) is 1. The fraction of sp³-hybridized carbons (Fsp3) is 0.182. The molecular formula is C22H21N3S2. The van der Waals surface area contributed by atoms with E-state index in [0.29, 0.717) is 0 Å². The Morgan fingerprint density at radius 1 is 0.926 bits per heavy atom. The molecule has 0 saturated heterocycles. The summed E-state index contributed by atoms with van der Waals surface area (Å²) in [7, 11) is 0. The molecule has 0 radical (unpaired) electrons. The molecule has 0 fully saturated rings. The molecule has 0 aliphatic carbocycles. The van der Waals surface area contributed by atoms with E-state index in [1.54, 1.807) is 11.8 Å². The molecule has 2 aromatic heterocycles. The van der Waals surface area contributed by atoms with Crippen LogP contribution in [0.2, 0.25) is 0 Å². The second kappa shape index (κ2) is 8.63. The molecule has 0 amide bonds. The standard InChI is InChI=1S/C22H21N3S2/c1-16-20(15-27-22-24-18-9-5-6-10-19(18)25-22)23-13-11-21(16)26-14-12-17-7-3-2-4-8-17/h2-11,13H,12,14-15H2,1H3,(H,24,25). The fourth-order valence-corrected chi connectivity index (χ4v) is 4.88. The van der Waals surface area contributed by atoms with Crippen molar-refractivity contribution in [2.24, 2.45) is 0 Å². The highest BCUT2D eigenvalue weighted by Gasteiger charge is 2.09. The number of pyridine rings is 1. The van der Waals surface area contributed by atoms with Gasteiger partial charge in [-0.25, -0.2) is 4.98 Å². The van der Waals surface area contributed by atoms with E-state index in [4.69, 9.17) is 0 Å². The first-order valence-corrected chi connectivity index (χ1v) is 11.0. The summed E-state index contributed by atoms with van der Waals surface area (Å²) in [6, 6.07) is 20.9. The molecule has 4 aromatic rings. The van der Waals surface area contributed by atoms with E-state index in [-0.39, 0.29) is 0 Å². The maximum atomic E-state index is 4.64. The maximum Gasteiger partial charge on any atom is 0.166 e. The molecule has 0 bridgehead atoms. The van der Waals surface area contributed by atoms with Crippen LogP contribution in [0.4, 0.5) is 0 Å². The molecule has 3 nitrogen and oxygen atoms in total. The van der Waals surface area contributed by atoms with Gasteiger partial charge in [0.2, 0.25) is 0 Å². The minimum atomic E-state index is 0.818. The number of para-hydroxylation sites is 2. The lowest BCUT2D eigenvalue weighted by atomic mass is 10.2. The molecule has 0 saturated carbocycles. The summed E-state index contributed by atoms with van der Waals surface area (Å²) in [6.45, 7) is 2.17. The highest BCUT2D eigenvalue weighted by atomic mass is 32.2. The number of hydrogen-bond donors (Lipinski definition) is 1. The van der Waals surface area contributed by atoms with Crippen molar-refractivity contribution in [3.05, 3.63) is 83.7 Å². The monoisotopic (exact) mass is 391 g/mol. The lowest BCUT2D eigenvalue weighted by Crippen LogP contribution is -1.95. The summed E-state index contributed by atoms with van der Waals surface area (Å²) in [5.41, 5.74) is 5.88. The average molecular weight is 392 g/mol. The maximum absolute atomic E-state index is 4.64. The summed E-state index contributed by atoms with van der Waals surface area (Å²) in [5.74, 6) is 1.89. The Morgan fingerprint density at radius 3 is 2.59 bits per heavy atom. The number of aromatic amines is 1. The van der Waals surface area contributed by atoms with Gasteiger partial charge in [0.1, 0.15) is 0 Å². The molecule has 136 valence electrons. The minimum Gasteiger partial charge on any atom is -0.333 e. The van der Waals surface area contributed by atoms with Crippen molar-refractivity contribution in [2.45, 2.75) is 29.1 Å². The van der Waals surface area contributed by atoms with Crippen LogP contribution in [-0.4, -0.2) is 20.7 Å². The van der Waals surface area contributed by atoms with Crippen molar-refractivity contribution < 1.29 is 0 Å². The van der Waals surface area contributed by atoms with Gasteiger partial charge in [-0.3, -0.25) is 4.98 Å². The van der Waals surface area contributed by atoms with Gasteiger partial charge in [0.25, 0.3) is 0 Å². The lowest BCUT2D eigenvalue weighted by molar-refractivity contribution is 1.05. The number of H-pyrrole nitrogens is 1. The first-order valence-electron chi connectivity index (χ1n) is 8.98. The van der Waals surface area contributed by atoms with Crippen molar-refractivity contribution in [1.29, 1.82) is 0 Å². The van der Waals surface area contributed by atoms with E-state index in [2.05, 4.69) is 64.3 Å². The van der Waals surface area contributed by atoms with Crippen LogP contribution in [0.3, 0.4) is 0 Å². The molecular weight excluding hydrogens is 370 g/mol. The highest BCUT2D eigenvalue weighted by Crippen LogP contribution is 2.28. The Hall–Kier alpha value is -2.24. The van der Waals surface area contributed by atoms with Crippen molar-refractivity contribution >= 4 is 34.6 Å². The SMILES string of the molecule is Cc1c(SCCc2ccccc2)ccnc1CSc1nc2ccccc2[nH]1. The van der Waals surface area contributed by atoms with Crippen molar-refractivity contribution in [2.75, 3.05) is 5.75 Å². The summed E-state index contributed by atoms with van der Waals surface area (Å²) < 4.78 is 0. The second-order valence-electron chi connectivity index (χ2n) is 6.31. The number of fused-ring (bicyclic) bond motifs is 1. The van der Waals surface area contributed by atoms with Gasteiger partial charge < -0.3 is 4.98 Å². The zero-order valence-corrected chi connectivity index (χ0v) is 16.8. The van der Waals surface area contributed by atoms with E-state index < -0.39 is 0 Å². The second-order valence-corrected chi connectivity index (χ2v) is 8.41. The van der Waals surface area contributed by atoms with Crippen LogP contribution in [0, 0.1) is 6.92 Å². The predicted octanol–water partition coefficient (Wildman–Crippen LogP) is 5.89. The Balaban J connectivity index is 1.39. The van der Waals surface area contributed by atoms with E-state index in [9.17, 15) is 0 Å². The smallest absolute Gasteiger partial charge is 0.166 e. The van der Waals surface area contributed by atoms with Gasteiger partial charge in [-0.05, 0) is 42.7 Å². The highest BCUT2D eigenvalue weighted by molar-refractivity contribution is 7.99. The number of aromatic nitrogens is 3. The number of benzene rings is 2. The van der Waals surface area contributed by atoms with Crippen molar-refractivity contribution in [1.82, 2.24) is 15.0 Å². The minimum absolute atomic E-state index is 0.818. The largest absolute Gasteiger partial charge is 0.333 e. The summed E-state index contributed by atoms with van der Waals surface area (Å²) in [4.78, 5) is 13.9. The van der Waals surface area contributed by atoms with E-state index in [1.807, 2.05) is 36.2 Å². The number of hydrogen-bond acceptors (Lipinski definition) is 4. The van der Waals surface area contributed by atoms with Crippen LogP contribution in [-0.2, 0) is 12.2 Å². The van der Waals surface area contributed by atoms with Gasteiger partial charge in [0.05, 0.1) is 16.7 Å². The van der Waals surface area contributed by atoms with Crippen LogP contribution in [0.15, 0.2) is 76.9 Å². The first kappa shape index (κ1) is 18.1. The molecule has 27 heavy (non-hydrogen) atoms. The Labute approximate surface area is 168 Å². The molecule has 0 aliphatic heterocycles. The molecule has 2 aromatic carbocycles. The molecule has 5 heteroatoms. The third kappa shape index (κ3) is 4.54. The molecule has 0 spiro atoms. The molecule has 0 atom stereocenters. The van der Waals surface area contributed by atoms with Gasteiger partial charge in [0, 0.05) is 22.6 Å². The quantitative estimate of drug-likeness (QED) is 0.399. The fourth-order valence-electron chi connectivity index (χ4n) is 2.92. The van der Waals surface area contributed by atoms with E-state index in [1.165, 1.54) is 16.0 Å². The third-order valence-electron chi connectivity index (χ3n) is 4.46. The van der Waals surface area contributed by atoms with Crippen LogP contribution >= 0.6 is 23.5 Å². The zero-order valence-electron chi connectivity index (χ0n) is 15.2. The molecule has 1 N–H and O–H groups in total. The molecule has 0 aliphatic rings. The first-order chi connectivity index (χ1) is 13.3. The van der Waals surface area contributed by atoms with Gasteiger partial charge in [-0.1, -0.05) is 54.2 Å². The van der Waals surface area contributed by atoms with Crippen LogP contribution in [0.5, 0.6) is 0 Å². The lowest BCUT2D eigenvalue weighted by Gasteiger charge is -2.09. The zero-order chi connectivity index (χ0) is 18.5. The predicted molar refractivity (Wildman–Crippen MR) is 115 cm³/mol. The Kier molecular flexibility index (Phi) is 5.80.